The number of hydrogen-bond acceptors (Lipinski definition) is 6. The van der Waals surface area contributed by atoms with E-state index in [1.807, 2.05) is 48.5 Å². The molecule has 1 aliphatic heterocycles. The Morgan fingerprint density at radius 1 is 0.969 bits per heavy atom. The Labute approximate surface area is 196 Å². The van der Waals surface area contributed by atoms with Gasteiger partial charge in [-0.3, -0.25) is 9.69 Å². The van der Waals surface area contributed by atoms with Crippen molar-refractivity contribution in [1.82, 2.24) is 4.90 Å². The highest BCUT2D eigenvalue weighted by molar-refractivity contribution is 9.10. The Bertz CT molecular complexity index is 1110. The first-order chi connectivity index (χ1) is 15.5. The summed E-state index contributed by atoms with van der Waals surface area (Å²) in [5.41, 5.74) is 4.03. The summed E-state index contributed by atoms with van der Waals surface area (Å²) in [7, 11) is 4.66. The monoisotopic (exact) mass is 496 g/mol. The van der Waals surface area contributed by atoms with Crippen LogP contribution in [0.3, 0.4) is 0 Å². The third-order valence-corrected chi connectivity index (χ3v) is 6.15. The fourth-order valence-corrected chi connectivity index (χ4v) is 4.53. The number of nitrogens with one attached hydrogen (secondary N) is 1. The molecule has 0 aliphatic carbocycles. The quantitative estimate of drug-likeness (QED) is 0.476. The van der Waals surface area contributed by atoms with Gasteiger partial charge in [0.25, 0.3) is 0 Å². The molecular weight excluding hydrogens is 472 g/mol. The van der Waals surface area contributed by atoms with Crippen LogP contribution >= 0.6 is 15.9 Å². The van der Waals surface area contributed by atoms with Crippen LogP contribution in [0.2, 0.25) is 0 Å². The highest BCUT2D eigenvalue weighted by Crippen LogP contribution is 2.46. The summed E-state index contributed by atoms with van der Waals surface area (Å²) in [6.45, 7) is 0.0921. The fourth-order valence-electron chi connectivity index (χ4n) is 4.15. The van der Waals surface area contributed by atoms with Crippen molar-refractivity contribution >= 4 is 27.6 Å². The lowest BCUT2D eigenvalue weighted by Crippen LogP contribution is -2.44. The van der Waals surface area contributed by atoms with Gasteiger partial charge in [-0.2, -0.15) is 0 Å². The van der Waals surface area contributed by atoms with Gasteiger partial charge < -0.3 is 19.5 Å². The lowest BCUT2D eigenvalue weighted by atomic mass is 9.91. The van der Waals surface area contributed by atoms with Crippen molar-refractivity contribution in [3.63, 3.8) is 0 Å². The van der Waals surface area contributed by atoms with Crippen molar-refractivity contribution in [3.8, 4) is 11.5 Å². The average molecular weight is 497 g/mol. The number of halogens is 1. The Hall–Kier alpha value is -3.03. The molecule has 0 radical (unpaired) electrons. The summed E-state index contributed by atoms with van der Waals surface area (Å²) in [6.07, 6.45) is -0.339. The summed E-state index contributed by atoms with van der Waals surface area (Å²) in [4.78, 5) is 14.6. The van der Waals surface area contributed by atoms with Crippen LogP contribution in [-0.2, 0) is 9.53 Å². The van der Waals surface area contributed by atoms with Gasteiger partial charge >= 0.3 is 5.97 Å². The fraction of sp³-hybridized carbons (Fsp3) is 0.240. The second kappa shape index (κ2) is 9.63. The van der Waals surface area contributed by atoms with Crippen LogP contribution < -0.4 is 14.8 Å². The summed E-state index contributed by atoms with van der Waals surface area (Å²) in [5, 5.41) is 3.61. The Morgan fingerprint density at radius 3 is 2.44 bits per heavy atom. The van der Waals surface area contributed by atoms with Gasteiger partial charge in [0.1, 0.15) is 17.7 Å². The molecule has 0 bridgehead atoms. The van der Waals surface area contributed by atoms with Crippen molar-refractivity contribution in [1.29, 1.82) is 0 Å². The molecule has 0 saturated heterocycles. The lowest BCUT2D eigenvalue weighted by Gasteiger charge is -2.44. The highest BCUT2D eigenvalue weighted by Gasteiger charge is 2.38. The van der Waals surface area contributed by atoms with E-state index < -0.39 is 0 Å². The summed E-state index contributed by atoms with van der Waals surface area (Å²) in [5.74, 6) is 1.05. The van der Waals surface area contributed by atoms with E-state index in [-0.39, 0.29) is 24.7 Å². The van der Waals surface area contributed by atoms with Crippen LogP contribution in [0.5, 0.6) is 11.5 Å². The number of benzene rings is 3. The van der Waals surface area contributed by atoms with Crippen LogP contribution in [-0.4, -0.2) is 38.7 Å². The van der Waals surface area contributed by atoms with Gasteiger partial charge in [0.15, 0.2) is 0 Å². The molecule has 6 nitrogen and oxygen atoms in total. The molecule has 32 heavy (non-hydrogen) atoms. The molecule has 0 spiro atoms. The van der Waals surface area contributed by atoms with Gasteiger partial charge in [0, 0.05) is 21.8 Å². The normalized spacial score (nSPS) is 17.8. The smallest absolute Gasteiger partial charge is 0.319 e. The molecule has 0 aromatic heterocycles. The molecule has 3 aromatic carbocycles. The van der Waals surface area contributed by atoms with E-state index >= 15 is 0 Å². The van der Waals surface area contributed by atoms with Crippen LogP contribution in [0, 0.1) is 0 Å². The number of carbonyl (C=O) groups excluding carboxylic acids is 1. The largest absolute Gasteiger partial charge is 0.497 e. The molecule has 3 aromatic rings. The number of ether oxygens (including phenoxy) is 3. The highest BCUT2D eigenvalue weighted by atomic mass is 79.9. The predicted octanol–water partition coefficient (Wildman–Crippen LogP) is 5.16. The molecule has 0 unspecified atom stereocenters. The zero-order valence-electron chi connectivity index (χ0n) is 18.2. The van der Waals surface area contributed by atoms with Gasteiger partial charge in [0.2, 0.25) is 0 Å². The van der Waals surface area contributed by atoms with Crippen LogP contribution in [0.15, 0.2) is 71.2 Å². The second-order valence-electron chi connectivity index (χ2n) is 7.45. The number of rotatable bonds is 6. The molecule has 2 atom stereocenters. The average Bonchev–Trinajstić information content (AvgIpc) is 2.83. The van der Waals surface area contributed by atoms with Crippen LogP contribution in [0.25, 0.3) is 0 Å². The van der Waals surface area contributed by atoms with Gasteiger partial charge in [-0.05, 0) is 41.5 Å². The van der Waals surface area contributed by atoms with E-state index in [4.69, 9.17) is 14.2 Å². The zero-order valence-corrected chi connectivity index (χ0v) is 19.8. The molecule has 0 amide bonds. The molecule has 166 valence electrons. The van der Waals surface area contributed by atoms with Gasteiger partial charge in [-0.15, -0.1) is 0 Å². The third kappa shape index (κ3) is 4.31. The summed E-state index contributed by atoms with van der Waals surface area (Å²) in [6, 6.07) is 21.8. The van der Waals surface area contributed by atoms with E-state index in [0.29, 0.717) is 11.5 Å². The van der Waals surface area contributed by atoms with E-state index in [9.17, 15) is 4.79 Å². The van der Waals surface area contributed by atoms with Gasteiger partial charge in [-0.1, -0.05) is 46.3 Å². The number of nitrogens with zero attached hydrogens (tertiary/aromatic N) is 1. The van der Waals surface area contributed by atoms with Gasteiger partial charge in [-0.25, -0.2) is 0 Å². The predicted molar refractivity (Wildman–Crippen MR) is 127 cm³/mol. The molecular formula is C25H25BrN2O4. The minimum Gasteiger partial charge on any atom is -0.497 e. The van der Waals surface area contributed by atoms with E-state index in [0.717, 1.165) is 26.9 Å². The molecule has 1 heterocycles. The zero-order chi connectivity index (χ0) is 22.7. The van der Waals surface area contributed by atoms with E-state index in [2.05, 4.69) is 44.3 Å². The van der Waals surface area contributed by atoms with Crippen molar-refractivity contribution in [2.75, 3.05) is 33.2 Å². The molecule has 0 fully saturated rings. The topological polar surface area (TPSA) is 60.0 Å². The molecule has 0 saturated carbocycles. The number of hydrogen-bond donors (Lipinski definition) is 1. The summed E-state index contributed by atoms with van der Waals surface area (Å²) >= 11 is 3.60. The van der Waals surface area contributed by atoms with E-state index in [1.165, 1.54) is 7.11 Å². The Morgan fingerprint density at radius 2 is 1.75 bits per heavy atom. The molecule has 1 N–H and O–H groups in total. The maximum atomic E-state index is 12.5. The summed E-state index contributed by atoms with van der Waals surface area (Å²) < 4.78 is 17.1. The van der Waals surface area contributed by atoms with Crippen molar-refractivity contribution < 1.29 is 19.0 Å². The van der Waals surface area contributed by atoms with Crippen molar-refractivity contribution in [2.24, 2.45) is 0 Å². The molecule has 1 aliphatic rings. The lowest BCUT2D eigenvalue weighted by molar-refractivity contribution is -0.143. The van der Waals surface area contributed by atoms with Crippen LogP contribution in [0.1, 0.15) is 28.9 Å². The number of anilines is 1. The number of esters is 1. The first-order valence-electron chi connectivity index (χ1n) is 10.2. The Balaban J connectivity index is 1.91. The second-order valence-corrected chi connectivity index (χ2v) is 8.36. The third-order valence-electron chi connectivity index (χ3n) is 5.65. The maximum Gasteiger partial charge on any atom is 0.319 e. The standard InChI is InChI=1S/C25H25BrN2O4/c1-30-18-10-11-19(22(14-18)31-2)25-27-21-12-9-17(26)13-20(21)24(16-7-5-4-6-8-16)28(25)15-23(29)32-3/h4-14,24-25,27H,15H2,1-3H3/t24-,25-/m1/s1. The first-order valence-corrected chi connectivity index (χ1v) is 11.0. The minimum absolute atomic E-state index is 0.0921. The number of methoxy groups -OCH3 is 3. The maximum absolute atomic E-state index is 12.5. The molecule has 4 rings (SSSR count). The Kier molecular flexibility index (Phi) is 6.67. The number of carbonyl (C=O) groups is 1. The SMILES string of the molecule is COC(=O)CN1[C@H](c2ccccc2)c2cc(Br)ccc2N[C@H]1c1ccc(OC)cc1OC. The van der Waals surface area contributed by atoms with Gasteiger partial charge in [0.05, 0.1) is 33.9 Å². The van der Waals surface area contributed by atoms with E-state index in [1.54, 1.807) is 14.2 Å². The van der Waals surface area contributed by atoms with Crippen molar-refractivity contribution in [3.05, 3.63) is 87.9 Å². The minimum atomic E-state index is -0.339. The first kappa shape index (κ1) is 22.2. The molecule has 7 heteroatoms. The van der Waals surface area contributed by atoms with Crippen LogP contribution in [0.4, 0.5) is 5.69 Å². The van der Waals surface area contributed by atoms with Crippen molar-refractivity contribution in [2.45, 2.75) is 12.2 Å². The number of fused-ring (bicyclic) bond motifs is 1.